The monoisotopic (exact) mass is 312 g/mol. The van der Waals surface area contributed by atoms with Crippen LogP contribution in [0.4, 0.5) is 0 Å². The summed E-state index contributed by atoms with van der Waals surface area (Å²) in [7, 11) is 0. The molecule has 0 amide bonds. The van der Waals surface area contributed by atoms with Crippen molar-refractivity contribution in [3.8, 4) is 5.75 Å². The van der Waals surface area contributed by atoms with Crippen LogP contribution in [0.15, 0.2) is 6.07 Å². The Morgan fingerprint density at radius 3 is 2.55 bits per heavy atom. The van der Waals surface area contributed by atoms with Gasteiger partial charge in [0.15, 0.2) is 5.78 Å². The predicted octanol–water partition coefficient (Wildman–Crippen LogP) is 5.02. The van der Waals surface area contributed by atoms with Gasteiger partial charge in [-0.3, -0.25) is 4.79 Å². The van der Waals surface area contributed by atoms with Crippen LogP contribution in [0.3, 0.4) is 0 Å². The molecule has 0 saturated heterocycles. The summed E-state index contributed by atoms with van der Waals surface area (Å²) in [6, 6.07) is 1.62. The Bertz CT molecular complexity index is 576. The minimum absolute atomic E-state index is 0.0264. The fraction of sp³-hybridized carbons (Fsp3) is 0.562. The van der Waals surface area contributed by atoms with Gasteiger partial charge in [-0.15, -0.1) is 0 Å². The number of aromatic hydroxyl groups is 1. The molecule has 0 aromatic heterocycles. The molecule has 1 unspecified atom stereocenters. The van der Waals surface area contributed by atoms with Crippen LogP contribution >= 0.6 is 23.2 Å². The van der Waals surface area contributed by atoms with Gasteiger partial charge in [0.1, 0.15) is 10.8 Å². The molecule has 0 aliphatic heterocycles. The number of hydrogen-bond donors (Lipinski definition) is 1. The van der Waals surface area contributed by atoms with Crippen molar-refractivity contribution < 1.29 is 9.90 Å². The number of hydrogen-bond acceptors (Lipinski definition) is 2. The maximum absolute atomic E-state index is 13.0. The van der Waals surface area contributed by atoms with Crippen molar-refractivity contribution >= 4 is 29.0 Å². The van der Waals surface area contributed by atoms with Crippen molar-refractivity contribution in [2.75, 3.05) is 0 Å². The number of phenolic OH excluding ortho intramolecular Hbond substituents is 1. The second kappa shape index (κ2) is 4.92. The zero-order valence-corrected chi connectivity index (χ0v) is 13.0. The molecule has 0 radical (unpaired) electrons. The number of phenols is 1. The van der Waals surface area contributed by atoms with Gasteiger partial charge in [-0.2, -0.15) is 0 Å². The Hall–Kier alpha value is -0.730. The molecule has 2 aliphatic carbocycles. The van der Waals surface area contributed by atoms with Gasteiger partial charge >= 0.3 is 0 Å². The predicted molar refractivity (Wildman–Crippen MR) is 80.8 cm³/mol. The summed E-state index contributed by atoms with van der Waals surface area (Å²) >= 11 is 12.2. The molecule has 1 fully saturated rings. The standard InChI is InChI=1S/C16H18Cl2O2/c1-2-16(10-5-3-4-6-10)8-9-7-11(19)13(17)14(18)12(9)15(16)20/h7,10,19H,2-6,8H2,1H3. The Labute approximate surface area is 129 Å². The van der Waals surface area contributed by atoms with Gasteiger partial charge in [-0.05, 0) is 43.2 Å². The lowest BCUT2D eigenvalue weighted by atomic mass is 9.69. The van der Waals surface area contributed by atoms with E-state index in [0.717, 1.165) is 24.8 Å². The largest absolute Gasteiger partial charge is 0.506 e. The normalized spacial score (nSPS) is 26.2. The molecule has 0 heterocycles. The van der Waals surface area contributed by atoms with Crippen LogP contribution in [0, 0.1) is 11.3 Å². The van der Waals surface area contributed by atoms with Crippen LogP contribution in [-0.4, -0.2) is 10.9 Å². The summed E-state index contributed by atoms with van der Waals surface area (Å²) in [4.78, 5) is 13.0. The van der Waals surface area contributed by atoms with Crippen molar-refractivity contribution in [2.24, 2.45) is 11.3 Å². The number of rotatable bonds is 2. The van der Waals surface area contributed by atoms with Crippen molar-refractivity contribution in [1.29, 1.82) is 0 Å². The fourth-order valence-corrected chi connectivity index (χ4v) is 4.55. The van der Waals surface area contributed by atoms with Crippen molar-refractivity contribution in [2.45, 2.75) is 45.4 Å². The second-order valence-electron chi connectivity index (χ2n) is 6.05. The third kappa shape index (κ3) is 1.81. The molecule has 3 rings (SSSR count). The van der Waals surface area contributed by atoms with E-state index in [1.54, 1.807) is 6.07 Å². The molecule has 0 bridgehead atoms. The summed E-state index contributed by atoms with van der Waals surface area (Å²) < 4.78 is 0. The first-order valence-electron chi connectivity index (χ1n) is 7.26. The molecule has 4 heteroatoms. The highest BCUT2D eigenvalue weighted by Crippen LogP contribution is 2.53. The van der Waals surface area contributed by atoms with Crippen molar-refractivity contribution in [3.63, 3.8) is 0 Å². The first-order valence-corrected chi connectivity index (χ1v) is 8.01. The summed E-state index contributed by atoms with van der Waals surface area (Å²) in [6.45, 7) is 2.08. The van der Waals surface area contributed by atoms with Gasteiger partial charge in [-0.1, -0.05) is 43.0 Å². The van der Waals surface area contributed by atoms with E-state index in [9.17, 15) is 9.90 Å². The van der Waals surface area contributed by atoms with Crippen molar-refractivity contribution in [3.05, 3.63) is 27.2 Å². The lowest BCUT2D eigenvalue weighted by molar-refractivity contribution is 0.0691. The molecule has 1 aromatic rings. The minimum Gasteiger partial charge on any atom is -0.506 e. The average Bonchev–Trinajstić information content (AvgIpc) is 3.04. The number of ketones is 1. The van der Waals surface area contributed by atoms with E-state index in [2.05, 4.69) is 6.92 Å². The molecule has 1 aromatic carbocycles. The Morgan fingerprint density at radius 2 is 1.95 bits per heavy atom. The number of fused-ring (bicyclic) bond motifs is 1. The van der Waals surface area contributed by atoms with Gasteiger partial charge in [-0.25, -0.2) is 0 Å². The van der Waals surface area contributed by atoms with Crippen LogP contribution in [0.5, 0.6) is 5.75 Å². The number of carbonyl (C=O) groups excluding carboxylic acids is 1. The molecular formula is C16H18Cl2O2. The van der Waals surface area contributed by atoms with Gasteiger partial charge in [0, 0.05) is 11.0 Å². The van der Waals surface area contributed by atoms with Crippen LogP contribution < -0.4 is 0 Å². The molecular weight excluding hydrogens is 295 g/mol. The molecule has 1 atom stereocenters. The van der Waals surface area contributed by atoms with Gasteiger partial charge < -0.3 is 5.11 Å². The zero-order valence-electron chi connectivity index (χ0n) is 11.5. The molecule has 1 N–H and O–H groups in total. The van der Waals surface area contributed by atoms with E-state index >= 15 is 0 Å². The van der Waals surface area contributed by atoms with Crippen LogP contribution in [-0.2, 0) is 6.42 Å². The highest BCUT2D eigenvalue weighted by Gasteiger charge is 2.51. The van der Waals surface area contributed by atoms with Gasteiger partial charge in [0.2, 0.25) is 0 Å². The molecule has 2 nitrogen and oxygen atoms in total. The Kier molecular flexibility index (Phi) is 3.50. The highest BCUT2D eigenvalue weighted by atomic mass is 35.5. The number of benzene rings is 1. The van der Waals surface area contributed by atoms with Crippen LogP contribution in [0.25, 0.3) is 0 Å². The van der Waals surface area contributed by atoms with E-state index in [1.165, 1.54) is 12.8 Å². The van der Waals surface area contributed by atoms with E-state index in [0.29, 0.717) is 17.9 Å². The topological polar surface area (TPSA) is 37.3 Å². The first-order chi connectivity index (χ1) is 9.51. The average molecular weight is 313 g/mol. The molecule has 108 valence electrons. The molecule has 1 saturated carbocycles. The smallest absolute Gasteiger partial charge is 0.171 e. The van der Waals surface area contributed by atoms with Crippen LogP contribution in [0.1, 0.15) is 54.9 Å². The van der Waals surface area contributed by atoms with Crippen molar-refractivity contribution in [1.82, 2.24) is 0 Å². The third-order valence-corrected chi connectivity index (χ3v) is 6.08. The second-order valence-corrected chi connectivity index (χ2v) is 6.81. The molecule has 0 spiro atoms. The Morgan fingerprint density at radius 1 is 1.30 bits per heavy atom. The maximum atomic E-state index is 13.0. The minimum atomic E-state index is -0.334. The summed E-state index contributed by atoms with van der Waals surface area (Å²) in [5.41, 5.74) is 1.07. The van der Waals surface area contributed by atoms with E-state index in [4.69, 9.17) is 23.2 Å². The number of halogens is 2. The lowest BCUT2D eigenvalue weighted by Gasteiger charge is -2.32. The van der Waals surface area contributed by atoms with E-state index in [1.807, 2.05) is 0 Å². The maximum Gasteiger partial charge on any atom is 0.171 e. The molecule has 20 heavy (non-hydrogen) atoms. The zero-order chi connectivity index (χ0) is 14.5. The first kappa shape index (κ1) is 14.2. The SMILES string of the molecule is CCC1(C2CCCC2)Cc2cc(O)c(Cl)c(Cl)c2C1=O. The lowest BCUT2D eigenvalue weighted by Crippen LogP contribution is -2.34. The summed E-state index contributed by atoms with van der Waals surface area (Å²) in [5, 5.41) is 10.1. The number of carbonyl (C=O) groups is 1. The van der Waals surface area contributed by atoms with E-state index in [-0.39, 0.29) is 27.0 Å². The van der Waals surface area contributed by atoms with Gasteiger partial charge in [0.05, 0.1) is 5.02 Å². The Balaban J connectivity index is 2.11. The summed E-state index contributed by atoms with van der Waals surface area (Å²) in [5.74, 6) is 0.541. The quantitative estimate of drug-likeness (QED) is 0.832. The van der Waals surface area contributed by atoms with Gasteiger partial charge in [0.25, 0.3) is 0 Å². The summed E-state index contributed by atoms with van der Waals surface area (Å²) in [6.07, 6.45) is 6.15. The van der Waals surface area contributed by atoms with E-state index < -0.39 is 0 Å². The fourth-order valence-electron chi connectivity index (χ4n) is 4.10. The van der Waals surface area contributed by atoms with Crippen LogP contribution in [0.2, 0.25) is 10.0 Å². The molecule has 2 aliphatic rings. The third-order valence-electron chi connectivity index (χ3n) is 5.22. The number of Topliss-reactive ketones (excluding diaryl/α,β-unsaturated/α-hetero) is 1. The highest BCUT2D eigenvalue weighted by molar-refractivity contribution is 6.45.